The first-order valence-electron chi connectivity index (χ1n) is 10.7. The largest absolute Gasteiger partial charge is 0.491 e. The van der Waals surface area contributed by atoms with Crippen molar-refractivity contribution < 1.29 is 13.2 Å². The van der Waals surface area contributed by atoms with Gasteiger partial charge in [-0.1, -0.05) is 36.4 Å². The van der Waals surface area contributed by atoms with Crippen LogP contribution in [0.1, 0.15) is 19.4 Å². The predicted octanol–water partition coefficient (Wildman–Crippen LogP) is 5.66. The van der Waals surface area contributed by atoms with Gasteiger partial charge in [0.2, 0.25) is 9.84 Å². The lowest BCUT2D eigenvalue weighted by molar-refractivity contribution is 0.242. The van der Waals surface area contributed by atoms with Crippen molar-refractivity contribution in [2.75, 3.05) is 0 Å². The standard InChI is InChI=1S/C27H23N3O3S/c1-20(2)33-24-15-13-21(14-16-24)27-22(19-30(29-27)23-9-5-3-6-10-23)17-26(18-28)34(31,32)25-11-7-4-8-12-25/h3-17,19-20H,1-2H3/b26-17+. The van der Waals surface area contributed by atoms with E-state index >= 15 is 0 Å². The van der Waals surface area contributed by atoms with Crippen molar-refractivity contribution >= 4 is 15.9 Å². The van der Waals surface area contributed by atoms with Crippen LogP contribution in [0.2, 0.25) is 0 Å². The highest BCUT2D eigenvalue weighted by atomic mass is 32.2. The molecule has 0 N–H and O–H groups in total. The van der Waals surface area contributed by atoms with Gasteiger partial charge in [-0.2, -0.15) is 10.4 Å². The van der Waals surface area contributed by atoms with Gasteiger partial charge in [-0.05, 0) is 68.5 Å². The number of allylic oxidation sites excluding steroid dienone is 1. The zero-order valence-corrected chi connectivity index (χ0v) is 19.6. The molecular formula is C27H23N3O3S. The van der Waals surface area contributed by atoms with Crippen LogP contribution in [0.25, 0.3) is 23.0 Å². The molecular weight excluding hydrogens is 446 g/mol. The Kier molecular flexibility index (Phi) is 6.62. The Morgan fingerprint density at radius 2 is 1.59 bits per heavy atom. The van der Waals surface area contributed by atoms with Crippen LogP contribution in [0.15, 0.2) is 101 Å². The first kappa shape index (κ1) is 23.0. The summed E-state index contributed by atoms with van der Waals surface area (Å²) in [6.45, 7) is 3.91. The molecule has 34 heavy (non-hydrogen) atoms. The lowest BCUT2D eigenvalue weighted by Crippen LogP contribution is -2.05. The van der Waals surface area contributed by atoms with Crippen molar-refractivity contribution in [2.24, 2.45) is 0 Å². The van der Waals surface area contributed by atoms with Gasteiger partial charge in [0.05, 0.1) is 16.7 Å². The van der Waals surface area contributed by atoms with Crippen LogP contribution in [0.3, 0.4) is 0 Å². The maximum atomic E-state index is 13.1. The van der Waals surface area contributed by atoms with E-state index in [0.717, 1.165) is 17.0 Å². The fourth-order valence-corrected chi connectivity index (χ4v) is 4.60. The molecule has 4 rings (SSSR count). The van der Waals surface area contributed by atoms with Gasteiger partial charge in [0.1, 0.15) is 22.4 Å². The smallest absolute Gasteiger partial charge is 0.216 e. The minimum absolute atomic E-state index is 0.0445. The number of hydrogen-bond donors (Lipinski definition) is 0. The number of nitrogens with zero attached hydrogens (tertiary/aromatic N) is 3. The molecule has 3 aromatic carbocycles. The topological polar surface area (TPSA) is 85.0 Å². The Balaban J connectivity index is 1.84. The second-order valence-corrected chi connectivity index (χ2v) is 9.76. The second kappa shape index (κ2) is 9.77. The van der Waals surface area contributed by atoms with E-state index in [4.69, 9.17) is 9.84 Å². The van der Waals surface area contributed by atoms with Gasteiger partial charge in [0.15, 0.2) is 0 Å². The monoisotopic (exact) mass is 469 g/mol. The van der Waals surface area contributed by atoms with Crippen LogP contribution in [-0.2, 0) is 9.84 Å². The summed E-state index contributed by atoms with van der Waals surface area (Å²) >= 11 is 0. The molecule has 0 radical (unpaired) electrons. The minimum atomic E-state index is -3.98. The van der Waals surface area contributed by atoms with Gasteiger partial charge in [-0.25, -0.2) is 13.1 Å². The van der Waals surface area contributed by atoms with Gasteiger partial charge < -0.3 is 4.74 Å². The summed E-state index contributed by atoms with van der Waals surface area (Å²) in [6, 6.07) is 26.7. The Morgan fingerprint density at radius 3 is 2.18 bits per heavy atom. The Bertz CT molecular complexity index is 1450. The van der Waals surface area contributed by atoms with Gasteiger partial charge in [-0.15, -0.1) is 0 Å². The quantitative estimate of drug-likeness (QED) is 0.326. The molecule has 0 aliphatic carbocycles. The van der Waals surface area contributed by atoms with Crippen molar-refractivity contribution in [1.82, 2.24) is 9.78 Å². The maximum absolute atomic E-state index is 13.1. The number of hydrogen-bond acceptors (Lipinski definition) is 5. The number of benzene rings is 3. The van der Waals surface area contributed by atoms with E-state index in [-0.39, 0.29) is 15.9 Å². The maximum Gasteiger partial charge on any atom is 0.216 e. The lowest BCUT2D eigenvalue weighted by atomic mass is 10.1. The van der Waals surface area contributed by atoms with Crippen LogP contribution in [-0.4, -0.2) is 24.3 Å². The summed E-state index contributed by atoms with van der Waals surface area (Å²) < 4.78 is 33.6. The summed E-state index contributed by atoms with van der Waals surface area (Å²) in [5, 5.41) is 14.5. The highest BCUT2D eigenvalue weighted by Gasteiger charge is 2.22. The van der Waals surface area contributed by atoms with E-state index in [1.807, 2.05) is 74.5 Å². The Labute approximate surface area is 199 Å². The third kappa shape index (κ3) is 4.92. The van der Waals surface area contributed by atoms with Gasteiger partial charge >= 0.3 is 0 Å². The van der Waals surface area contributed by atoms with Crippen molar-refractivity contribution in [3.63, 3.8) is 0 Å². The van der Waals surface area contributed by atoms with Crippen LogP contribution in [0.5, 0.6) is 5.75 Å². The summed E-state index contributed by atoms with van der Waals surface area (Å²) in [7, 11) is -3.98. The molecule has 0 bridgehead atoms. The number of nitriles is 1. The van der Waals surface area contributed by atoms with Gasteiger partial charge in [-0.3, -0.25) is 0 Å². The Hall–Kier alpha value is -4.15. The van der Waals surface area contributed by atoms with Crippen LogP contribution >= 0.6 is 0 Å². The fraction of sp³-hybridized carbons (Fsp3) is 0.111. The first-order chi connectivity index (χ1) is 16.4. The zero-order chi connectivity index (χ0) is 24.1. The number of sulfone groups is 1. The Morgan fingerprint density at radius 1 is 0.971 bits per heavy atom. The van der Waals surface area contributed by atoms with E-state index in [9.17, 15) is 13.7 Å². The molecule has 0 fully saturated rings. The van der Waals surface area contributed by atoms with Crippen LogP contribution in [0, 0.1) is 11.3 Å². The van der Waals surface area contributed by atoms with Crippen molar-refractivity contribution in [3.8, 4) is 28.8 Å². The molecule has 1 aromatic heterocycles. The molecule has 170 valence electrons. The fourth-order valence-electron chi connectivity index (χ4n) is 3.43. The number of ether oxygens (including phenoxy) is 1. The SMILES string of the molecule is CC(C)Oc1ccc(-c2nn(-c3ccccc3)cc2/C=C(\C#N)S(=O)(=O)c2ccccc2)cc1. The third-order valence-corrected chi connectivity index (χ3v) is 6.68. The molecule has 7 heteroatoms. The van der Waals surface area contributed by atoms with E-state index < -0.39 is 9.84 Å². The van der Waals surface area contributed by atoms with E-state index in [1.165, 1.54) is 18.2 Å². The van der Waals surface area contributed by atoms with Crippen molar-refractivity contribution in [1.29, 1.82) is 5.26 Å². The van der Waals surface area contributed by atoms with Gasteiger partial charge in [0.25, 0.3) is 0 Å². The third-order valence-electron chi connectivity index (χ3n) is 5.00. The van der Waals surface area contributed by atoms with Crippen LogP contribution < -0.4 is 4.74 Å². The number of para-hydroxylation sites is 1. The van der Waals surface area contributed by atoms with Crippen LogP contribution in [0.4, 0.5) is 0 Å². The number of aromatic nitrogens is 2. The molecule has 6 nitrogen and oxygen atoms in total. The van der Waals surface area contributed by atoms with E-state index in [1.54, 1.807) is 29.1 Å². The normalized spacial score (nSPS) is 11.9. The van der Waals surface area contributed by atoms with Gasteiger partial charge in [0, 0.05) is 17.3 Å². The van der Waals surface area contributed by atoms with Crippen molar-refractivity contribution in [3.05, 3.63) is 102 Å². The lowest BCUT2D eigenvalue weighted by Gasteiger charge is -2.10. The highest BCUT2D eigenvalue weighted by molar-refractivity contribution is 7.95. The molecule has 0 spiro atoms. The summed E-state index contributed by atoms with van der Waals surface area (Å²) in [5.74, 6) is 0.725. The molecule has 0 aliphatic rings. The second-order valence-electron chi connectivity index (χ2n) is 7.84. The molecule has 0 amide bonds. The van der Waals surface area contributed by atoms with Crippen molar-refractivity contribution in [2.45, 2.75) is 24.8 Å². The molecule has 0 unspecified atom stereocenters. The molecule has 0 aliphatic heterocycles. The number of rotatable bonds is 7. The average molecular weight is 470 g/mol. The summed E-state index contributed by atoms with van der Waals surface area (Å²) in [6.07, 6.45) is 3.15. The average Bonchev–Trinajstić information content (AvgIpc) is 3.27. The molecule has 0 saturated carbocycles. The minimum Gasteiger partial charge on any atom is -0.491 e. The summed E-state index contributed by atoms with van der Waals surface area (Å²) in [5.41, 5.74) is 2.65. The molecule has 0 saturated heterocycles. The van der Waals surface area contributed by atoms with E-state index in [2.05, 4.69) is 0 Å². The molecule has 4 aromatic rings. The zero-order valence-electron chi connectivity index (χ0n) is 18.8. The highest BCUT2D eigenvalue weighted by Crippen LogP contribution is 2.29. The van der Waals surface area contributed by atoms with E-state index in [0.29, 0.717) is 11.3 Å². The predicted molar refractivity (Wildman–Crippen MR) is 132 cm³/mol. The molecule has 1 heterocycles. The first-order valence-corrected chi connectivity index (χ1v) is 12.2. The molecule has 0 atom stereocenters. The summed E-state index contributed by atoms with van der Waals surface area (Å²) in [4.78, 5) is -0.290.